The maximum absolute atomic E-state index is 13.6. The number of thiazole rings is 1. The molecule has 0 bridgehead atoms. The number of carbonyl (C=O) groups excluding carboxylic acids is 1. The van der Waals surface area contributed by atoms with Crippen LogP contribution in [0.2, 0.25) is 0 Å². The number of nitrogens with zero attached hydrogens (tertiary/aromatic N) is 2. The van der Waals surface area contributed by atoms with Crippen molar-refractivity contribution in [3.8, 4) is 11.3 Å². The van der Waals surface area contributed by atoms with Crippen LogP contribution in [0.3, 0.4) is 0 Å². The van der Waals surface area contributed by atoms with Crippen LogP contribution in [0.5, 0.6) is 0 Å². The Labute approximate surface area is 153 Å². The summed E-state index contributed by atoms with van der Waals surface area (Å²) >= 11 is 1.59. The summed E-state index contributed by atoms with van der Waals surface area (Å²) in [6, 6.07) is 14.1. The highest BCUT2D eigenvalue weighted by Gasteiger charge is 2.08. The number of nitrogens with one attached hydrogen (secondary N) is 1. The lowest BCUT2D eigenvalue weighted by molar-refractivity contribution is -0.116. The van der Waals surface area contributed by atoms with E-state index in [-0.39, 0.29) is 18.1 Å². The van der Waals surface area contributed by atoms with Gasteiger partial charge in [-0.3, -0.25) is 9.20 Å². The number of carbonyl (C=O) groups is 1. The normalized spacial score (nSPS) is 11.0. The summed E-state index contributed by atoms with van der Waals surface area (Å²) in [5.41, 5.74) is 3.16. The van der Waals surface area contributed by atoms with E-state index >= 15 is 0 Å². The van der Waals surface area contributed by atoms with Gasteiger partial charge in [0.25, 0.3) is 0 Å². The lowest BCUT2D eigenvalue weighted by Gasteiger charge is -2.06. The summed E-state index contributed by atoms with van der Waals surface area (Å²) in [4.78, 5) is 17.6. The first-order chi connectivity index (χ1) is 12.7. The van der Waals surface area contributed by atoms with Gasteiger partial charge in [0.1, 0.15) is 5.82 Å². The number of amides is 1. The third-order valence-electron chi connectivity index (χ3n) is 4.14. The zero-order chi connectivity index (χ0) is 17.9. The van der Waals surface area contributed by atoms with E-state index < -0.39 is 0 Å². The monoisotopic (exact) mass is 365 g/mol. The van der Waals surface area contributed by atoms with Crippen LogP contribution in [0.1, 0.15) is 12.0 Å². The summed E-state index contributed by atoms with van der Waals surface area (Å²) in [7, 11) is 0. The number of fused-ring (bicyclic) bond motifs is 1. The number of halogens is 1. The molecule has 0 aliphatic carbocycles. The fourth-order valence-corrected chi connectivity index (χ4v) is 3.46. The molecule has 0 aliphatic heterocycles. The number of aryl methyl sites for hydroxylation is 1. The molecule has 4 nitrogen and oxygen atoms in total. The molecule has 0 radical (unpaired) electrons. The molecule has 0 fully saturated rings. The summed E-state index contributed by atoms with van der Waals surface area (Å²) in [6.07, 6.45) is 4.57. The van der Waals surface area contributed by atoms with E-state index in [2.05, 4.69) is 10.3 Å². The van der Waals surface area contributed by atoms with Crippen LogP contribution in [-0.2, 0) is 11.2 Å². The van der Waals surface area contributed by atoms with Crippen molar-refractivity contribution in [2.75, 3.05) is 5.32 Å². The predicted octanol–water partition coefficient (Wildman–Crippen LogP) is 4.77. The molecule has 1 amide bonds. The van der Waals surface area contributed by atoms with Gasteiger partial charge in [0.05, 0.1) is 5.69 Å². The molecule has 0 saturated heterocycles. The van der Waals surface area contributed by atoms with Crippen molar-refractivity contribution in [2.24, 2.45) is 0 Å². The van der Waals surface area contributed by atoms with Crippen LogP contribution < -0.4 is 5.32 Å². The zero-order valence-corrected chi connectivity index (χ0v) is 14.7. The van der Waals surface area contributed by atoms with Crippen LogP contribution in [0.4, 0.5) is 10.1 Å². The quantitative estimate of drug-likeness (QED) is 0.554. The highest BCUT2D eigenvalue weighted by atomic mass is 32.1. The number of imidazole rings is 1. The van der Waals surface area contributed by atoms with Gasteiger partial charge in [-0.25, -0.2) is 9.37 Å². The van der Waals surface area contributed by atoms with Gasteiger partial charge in [-0.1, -0.05) is 30.3 Å². The Kier molecular flexibility index (Phi) is 4.50. The fourth-order valence-electron chi connectivity index (χ4n) is 2.76. The second-order valence-corrected chi connectivity index (χ2v) is 6.81. The topological polar surface area (TPSA) is 46.4 Å². The van der Waals surface area contributed by atoms with Crippen LogP contribution in [0, 0.1) is 5.82 Å². The molecule has 1 N–H and O–H groups in total. The first-order valence-corrected chi connectivity index (χ1v) is 9.13. The van der Waals surface area contributed by atoms with Gasteiger partial charge >= 0.3 is 0 Å². The van der Waals surface area contributed by atoms with Gasteiger partial charge in [-0.15, -0.1) is 11.3 Å². The van der Waals surface area contributed by atoms with Crippen molar-refractivity contribution < 1.29 is 9.18 Å². The SMILES string of the molecule is O=C(CCc1ccccc1F)Nc1ccc(-c2cn3ccsc3n2)cc1. The maximum Gasteiger partial charge on any atom is 0.224 e. The fraction of sp³-hybridized carbons (Fsp3) is 0.100. The van der Waals surface area contributed by atoms with Gasteiger partial charge in [0, 0.05) is 35.4 Å². The van der Waals surface area contributed by atoms with E-state index in [0.717, 1.165) is 16.2 Å². The standard InChI is InChI=1S/C20H16FN3OS/c21-17-4-2-1-3-14(17)7-10-19(25)22-16-8-5-15(6-9-16)18-13-24-11-12-26-20(24)23-18/h1-6,8-9,11-13H,7,10H2,(H,22,25). The van der Waals surface area contributed by atoms with Crippen molar-refractivity contribution in [1.29, 1.82) is 0 Å². The minimum Gasteiger partial charge on any atom is -0.326 e. The largest absolute Gasteiger partial charge is 0.326 e. The molecule has 4 rings (SSSR count). The van der Waals surface area contributed by atoms with Gasteiger partial charge in [0.2, 0.25) is 5.91 Å². The summed E-state index contributed by atoms with van der Waals surface area (Å²) in [5, 5.41) is 4.84. The Morgan fingerprint density at radius 1 is 1.15 bits per heavy atom. The molecule has 0 saturated carbocycles. The van der Waals surface area contributed by atoms with Gasteiger partial charge in [-0.2, -0.15) is 0 Å². The van der Waals surface area contributed by atoms with Gasteiger partial charge in [-0.05, 0) is 30.2 Å². The molecule has 0 unspecified atom stereocenters. The molecule has 2 aromatic carbocycles. The number of hydrogen-bond acceptors (Lipinski definition) is 3. The third kappa shape index (κ3) is 3.50. The Morgan fingerprint density at radius 3 is 2.73 bits per heavy atom. The van der Waals surface area contributed by atoms with Crippen molar-refractivity contribution in [3.05, 3.63) is 77.7 Å². The minimum atomic E-state index is -0.273. The van der Waals surface area contributed by atoms with Crippen molar-refractivity contribution >= 4 is 27.9 Å². The maximum atomic E-state index is 13.6. The second kappa shape index (κ2) is 7.09. The summed E-state index contributed by atoms with van der Waals surface area (Å²) in [6.45, 7) is 0. The molecule has 130 valence electrons. The number of anilines is 1. The summed E-state index contributed by atoms with van der Waals surface area (Å²) < 4.78 is 15.6. The average molecular weight is 365 g/mol. The number of rotatable bonds is 5. The zero-order valence-electron chi connectivity index (χ0n) is 13.9. The highest BCUT2D eigenvalue weighted by molar-refractivity contribution is 7.15. The molecule has 0 aliphatic rings. The second-order valence-electron chi connectivity index (χ2n) is 5.94. The molecule has 0 spiro atoms. The minimum absolute atomic E-state index is 0.136. The van der Waals surface area contributed by atoms with Crippen molar-refractivity contribution in [2.45, 2.75) is 12.8 Å². The highest BCUT2D eigenvalue weighted by Crippen LogP contribution is 2.23. The molecule has 2 aromatic heterocycles. The summed E-state index contributed by atoms with van der Waals surface area (Å²) in [5.74, 6) is -0.409. The van der Waals surface area contributed by atoms with E-state index in [4.69, 9.17) is 0 Å². The van der Waals surface area contributed by atoms with E-state index in [9.17, 15) is 9.18 Å². The van der Waals surface area contributed by atoms with Crippen LogP contribution in [-0.4, -0.2) is 15.3 Å². The Morgan fingerprint density at radius 2 is 1.96 bits per heavy atom. The van der Waals surface area contributed by atoms with Crippen molar-refractivity contribution in [3.63, 3.8) is 0 Å². The third-order valence-corrected chi connectivity index (χ3v) is 4.91. The van der Waals surface area contributed by atoms with Crippen LogP contribution in [0.15, 0.2) is 66.3 Å². The van der Waals surface area contributed by atoms with Crippen LogP contribution in [0.25, 0.3) is 16.2 Å². The van der Waals surface area contributed by atoms with Gasteiger partial charge in [0.15, 0.2) is 4.96 Å². The first-order valence-electron chi connectivity index (χ1n) is 8.25. The van der Waals surface area contributed by atoms with E-state index in [1.54, 1.807) is 29.5 Å². The molecule has 4 aromatic rings. The molecular formula is C20H16FN3OS. The van der Waals surface area contributed by atoms with E-state index in [1.807, 2.05) is 46.4 Å². The Balaban J connectivity index is 1.38. The van der Waals surface area contributed by atoms with Crippen LogP contribution >= 0.6 is 11.3 Å². The number of aromatic nitrogens is 2. The molecule has 2 heterocycles. The first kappa shape index (κ1) is 16.5. The number of hydrogen-bond donors (Lipinski definition) is 1. The Bertz CT molecular complexity index is 1020. The average Bonchev–Trinajstić information content (AvgIpc) is 3.24. The van der Waals surface area contributed by atoms with E-state index in [1.165, 1.54) is 6.07 Å². The molecule has 26 heavy (non-hydrogen) atoms. The van der Waals surface area contributed by atoms with Crippen molar-refractivity contribution in [1.82, 2.24) is 9.38 Å². The van der Waals surface area contributed by atoms with Gasteiger partial charge < -0.3 is 5.32 Å². The lowest BCUT2D eigenvalue weighted by Crippen LogP contribution is -2.12. The smallest absolute Gasteiger partial charge is 0.224 e. The lowest BCUT2D eigenvalue weighted by atomic mass is 10.1. The number of benzene rings is 2. The Hall–Kier alpha value is -2.99. The molecule has 6 heteroatoms. The predicted molar refractivity (Wildman–Crippen MR) is 102 cm³/mol. The van der Waals surface area contributed by atoms with E-state index in [0.29, 0.717) is 17.7 Å². The molecule has 0 atom stereocenters. The molecular weight excluding hydrogens is 349 g/mol.